The van der Waals surface area contributed by atoms with Gasteiger partial charge >= 0.3 is 0 Å². The van der Waals surface area contributed by atoms with Gasteiger partial charge < -0.3 is 10.2 Å². The van der Waals surface area contributed by atoms with Crippen LogP contribution in [-0.2, 0) is 10.3 Å². The van der Waals surface area contributed by atoms with Gasteiger partial charge in [-0.1, -0.05) is 0 Å². The van der Waals surface area contributed by atoms with Gasteiger partial charge in [-0.05, 0) is 56.7 Å². The standard InChI is InChI=1S/C20H25N5O2/c1-15-3-6-17(14-21-15)18(26)24-11-7-20(8-12-24,25-10-2-9-23-25)19(27)22-13-16-4-5-16/h2-3,6,9-10,14,16H,4-5,7-8,11-13H2,1H3,(H,22,27). The molecular weight excluding hydrogens is 342 g/mol. The topological polar surface area (TPSA) is 80.1 Å². The molecule has 0 aromatic carbocycles. The number of aromatic nitrogens is 3. The Kier molecular flexibility index (Phi) is 4.68. The van der Waals surface area contributed by atoms with Crippen molar-refractivity contribution in [3.8, 4) is 0 Å². The highest BCUT2D eigenvalue weighted by Gasteiger charge is 2.44. The minimum Gasteiger partial charge on any atom is -0.354 e. The van der Waals surface area contributed by atoms with E-state index in [1.54, 1.807) is 17.1 Å². The second-order valence-electron chi connectivity index (χ2n) is 7.62. The van der Waals surface area contributed by atoms with Crippen molar-refractivity contribution in [2.45, 2.75) is 38.1 Å². The molecule has 2 aromatic heterocycles. The van der Waals surface area contributed by atoms with Crippen LogP contribution in [-0.4, -0.2) is 51.1 Å². The van der Waals surface area contributed by atoms with Gasteiger partial charge in [-0.2, -0.15) is 5.10 Å². The summed E-state index contributed by atoms with van der Waals surface area (Å²) >= 11 is 0. The molecule has 1 saturated carbocycles. The van der Waals surface area contributed by atoms with E-state index in [9.17, 15) is 9.59 Å². The van der Waals surface area contributed by atoms with Crippen LogP contribution in [0.5, 0.6) is 0 Å². The molecule has 2 fully saturated rings. The lowest BCUT2D eigenvalue weighted by Crippen LogP contribution is -2.56. The first-order valence-corrected chi connectivity index (χ1v) is 9.59. The number of aryl methyl sites for hydroxylation is 1. The Bertz CT molecular complexity index is 803. The number of amides is 2. The van der Waals surface area contributed by atoms with Crippen molar-refractivity contribution >= 4 is 11.8 Å². The number of carbonyl (C=O) groups excluding carboxylic acids is 2. The summed E-state index contributed by atoms with van der Waals surface area (Å²) < 4.78 is 1.77. The molecule has 142 valence electrons. The average Bonchev–Trinajstić information content (AvgIpc) is 3.36. The monoisotopic (exact) mass is 367 g/mol. The predicted octanol–water partition coefficient (Wildman–Crippen LogP) is 1.74. The molecule has 2 aliphatic rings. The number of hydrogen-bond acceptors (Lipinski definition) is 4. The summed E-state index contributed by atoms with van der Waals surface area (Å²) in [6, 6.07) is 5.49. The van der Waals surface area contributed by atoms with E-state index in [0.29, 0.717) is 37.4 Å². The Morgan fingerprint density at radius 2 is 2.04 bits per heavy atom. The second kappa shape index (κ2) is 7.13. The number of nitrogens with one attached hydrogen (secondary N) is 1. The molecule has 1 aliphatic carbocycles. The van der Waals surface area contributed by atoms with Gasteiger partial charge in [0.05, 0.1) is 5.56 Å². The van der Waals surface area contributed by atoms with Crippen LogP contribution in [0.15, 0.2) is 36.8 Å². The van der Waals surface area contributed by atoms with Crippen LogP contribution in [0, 0.1) is 12.8 Å². The van der Waals surface area contributed by atoms with Gasteiger partial charge in [-0.25, -0.2) is 0 Å². The highest BCUT2D eigenvalue weighted by molar-refractivity contribution is 5.94. The number of rotatable bonds is 5. The molecular formula is C20H25N5O2. The van der Waals surface area contributed by atoms with Gasteiger partial charge in [-0.15, -0.1) is 0 Å². The molecule has 2 amide bonds. The van der Waals surface area contributed by atoms with Gasteiger partial charge in [0.15, 0.2) is 0 Å². The normalized spacial score (nSPS) is 18.9. The smallest absolute Gasteiger partial charge is 0.255 e. The summed E-state index contributed by atoms with van der Waals surface area (Å²) in [5.74, 6) is 0.608. The maximum absolute atomic E-state index is 13.0. The highest BCUT2D eigenvalue weighted by atomic mass is 16.2. The molecule has 0 unspecified atom stereocenters. The van der Waals surface area contributed by atoms with Crippen molar-refractivity contribution in [1.29, 1.82) is 0 Å². The largest absolute Gasteiger partial charge is 0.354 e. The van der Waals surface area contributed by atoms with Gasteiger partial charge in [0, 0.05) is 43.9 Å². The van der Waals surface area contributed by atoms with Crippen molar-refractivity contribution in [2.24, 2.45) is 5.92 Å². The molecule has 7 nitrogen and oxygen atoms in total. The maximum Gasteiger partial charge on any atom is 0.255 e. The molecule has 1 saturated heterocycles. The number of hydrogen-bond donors (Lipinski definition) is 1. The number of likely N-dealkylation sites (tertiary alicyclic amines) is 1. The fraction of sp³-hybridized carbons (Fsp3) is 0.500. The first-order chi connectivity index (χ1) is 13.1. The molecule has 0 bridgehead atoms. The third kappa shape index (κ3) is 3.59. The molecule has 0 spiro atoms. The van der Waals surface area contributed by atoms with E-state index in [-0.39, 0.29) is 11.8 Å². The van der Waals surface area contributed by atoms with Crippen molar-refractivity contribution in [3.05, 3.63) is 48.0 Å². The lowest BCUT2D eigenvalue weighted by atomic mass is 9.86. The van der Waals surface area contributed by atoms with E-state index in [1.165, 1.54) is 12.8 Å². The van der Waals surface area contributed by atoms with Gasteiger partial charge in [-0.3, -0.25) is 19.3 Å². The highest BCUT2D eigenvalue weighted by Crippen LogP contribution is 2.32. The van der Waals surface area contributed by atoms with Crippen LogP contribution in [0.25, 0.3) is 0 Å². The Morgan fingerprint density at radius 1 is 1.26 bits per heavy atom. The molecule has 1 N–H and O–H groups in total. The molecule has 2 aromatic rings. The number of pyridine rings is 1. The maximum atomic E-state index is 13.0. The van der Waals surface area contributed by atoms with Crippen LogP contribution in [0.1, 0.15) is 41.7 Å². The quantitative estimate of drug-likeness (QED) is 0.873. The average molecular weight is 367 g/mol. The van der Waals surface area contributed by atoms with E-state index in [4.69, 9.17) is 0 Å². The van der Waals surface area contributed by atoms with Gasteiger partial charge in [0.2, 0.25) is 5.91 Å². The van der Waals surface area contributed by atoms with Crippen LogP contribution < -0.4 is 5.32 Å². The minimum absolute atomic E-state index is 0.0159. The number of nitrogens with zero attached hydrogens (tertiary/aromatic N) is 4. The van der Waals surface area contributed by atoms with Crippen molar-refractivity contribution < 1.29 is 9.59 Å². The van der Waals surface area contributed by atoms with E-state index in [0.717, 1.165) is 12.2 Å². The van der Waals surface area contributed by atoms with E-state index in [1.807, 2.05) is 36.2 Å². The van der Waals surface area contributed by atoms with Crippen LogP contribution >= 0.6 is 0 Å². The SMILES string of the molecule is Cc1ccc(C(=O)N2CCC(C(=O)NCC3CC3)(n3cccn3)CC2)cn1. The van der Waals surface area contributed by atoms with E-state index >= 15 is 0 Å². The summed E-state index contributed by atoms with van der Waals surface area (Å²) in [5, 5.41) is 7.47. The first kappa shape index (κ1) is 17.7. The zero-order chi connectivity index (χ0) is 18.9. The summed E-state index contributed by atoms with van der Waals surface area (Å²) in [5.41, 5.74) is 0.751. The molecule has 27 heavy (non-hydrogen) atoms. The summed E-state index contributed by atoms with van der Waals surface area (Å²) in [4.78, 5) is 31.8. The van der Waals surface area contributed by atoms with Crippen LogP contribution in [0.2, 0.25) is 0 Å². The summed E-state index contributed by atoms with van der Waals surface area (Å²) in [7, 11) is 0. The lowest BCUT2D eigenvalue weighted by molar-refractivity contribution is -0.133. The third-order valence-electron chi connectivity index (χ3n) is 5.65. The van der Waals surface area contributed by atoms with E-state index in [2.05, 4.69) is 15.4 Å². The fourth-order valence-corrected chi connectivity index (χ4v) is 3.66. The zero-order valence-electron chi connectivity index (χ0n) is 15.6. The van der Waals surface area contributed by atoms with Crippen molar-refractivity contribution in [2.75, 3.05) is 19.6 Å². The van der Waals surface area contributed by atoms with Gasteiger partial charge in [0.25, 0.3) is 5.91 Å². The summed E-state index contributed by atoms with van der Waals surface area (Å²) in [6.07, 6.45) is 8.66. The lowest BCUT2D eigenvalue weighted by Gasteiger charge is -2.40. The van der Waals surface area contributed by atoms with Crippen LogP contribution in [0.3, 0.4) is 0 Å². The molecule has 0 atom stereocenters. The zero-order valence-corrected chi connectivity index (χ0v) is 15.6. The molecule has 0 radical (unpaired) electrons. The minimum atomic E-state index is -0.722. The molecule has 4 rings (SSSR count). The molecule has 1 aliphatic heterocycles. The number of carbonyl (C=O) groups is 2. The van der Waals surface area contributed by atoms with Crippen molar-refractivity contribution in [1.82, 2.24) is 25.0 Å². The Hall–Kier alpha value is -2.70. The Balaban J connectivity index is 1.48. The molecule has 7 heteroatoms. The fourth-order valence-electron chi connectivity index (χ4n) is 3.66. The first-order valence-electron chi connectivity index (χ1n) is 9.59. The predicted molar refractivity (Wildman–Crippen MR) is 100 cm³/mol. The second-order valence-corrected chi connectivity index (χ2v) is 7.62. The van der Waals surface area contributed by atoms with E-state index < -0.39 is 5.54 Å². The third-order valence-corrected chi connectivity index (χ3v) is 5.65. The Morgan fingerprint density at radius 3 is 2.63 bits per heavy atom. The summed E-state index contributed by atoms with van der Waals surface area (Å²) in [6.45, 7) is 3.67. The Labute approximate surface area is 158 Å². The van der Waals surface area contributed by atoms with Crippen molar-refractivity contribution in [3.63, 3.8) is 0 Å². The number of piperidine rings is 1. The molecule has 3 heterocycles. The van der Waals surface area contributed by atoms with Crippen LogP contribution in [0.4, 0.5) is 0 Å². The van der Waals surface area contributed by atoms with Gasteiger partial charge in [0.1, 0.15) is 5.54 Å².